The molecule has 25 heavy (non-hydrogen) atoms. The minimum atomic E-state index is -4.61. The van der Waals surface area contributed by atoms with Gasteiger partial charge in [0.2, 0.25) is 11.8 Å². The number of hydrogen-bond acceptors (Lipinski definition) is 5. The maximum Gasteiger partial charge on any atom is 0.470 e. The first-order valence-corrected chi connectivity index (χ1v) is 8.34. The lowest BCUT2D eigenvalue weighted by molar-refractivity contribution is -0.157. The van der Waals surface area contributed by atoms with E-state index in [-0.39, 0.29) is 18.3 Å². The molecule has 1 aromatic heterocycles. The fraction of sp³-hybridized carbons (Fsp3) is 0.812. The van der Waals surface area contributed by atoms with Gasteiger partial charge in [0.05, 0.1) is 6.54 Å². The van der Waals surface area contributed by atoms with Gasteiger partial charge in [0, 0.05) is 19.0 Å². The van der Waals surface area contributed by atoms with Crippen molar-refractivity contribution in [2.45, 2.75) is 46.3 Å². The smallest absolute Gasteiger partial charge is 0.416 e. The number of alkyl halides is 3. The third-order valence-corrected chi connectivity index (χ3v) is 4.30. The van der Waals surface area contributed by atoms with Gasteiger partial charge in [0.1, 0.15) is 0 Å². The molecular formula is C16H25F3N4O2. The van der Waals surface area contributed by atoms with Gasteiger partial charge in [-0.15, -0.1) is 10.2 Å². The van der Waals surface area contributed by atoms with E-state index in [0.29, 0.717) is 12.5 Å². The monoisotopic (exact) mass is 362 g/mol. The molecule has 9 heteroatoms. The zero-order chi connectivity index (χ0) is 18.8. The number of rotatable bonds is 4. The number of nitrogens with zero attached hydrogens (tertiary/aromatic N) is 4. The third kappa shape index (κ3) is 5.42. The summed E-state index contributed by atoms with van der Waals surface area (Å²) >= 11 is 0. The minimum Gasteiger partial charge on any atom is -0.416 e. The van der Waals surface area contributed by atoms with Gasteiger partial charge >= 0.3 is 12.1 Å². The summed E-state index contributed by atoms with van der Waals surface area (Å²) in [5, 5.41) is 6.50. The summed E-state index contributed by atoms with van der Waals surface area (Å²) in [5.74, 6) is -0.827. The average Bonchev–Trinajstić information content (AvgIpc) is 2.96. The van der Waals surface area contributed by atoms with Crippen molar-refractivity contribution in [1.82, 2.24) is 20.0 Å². The molecule has 0 radical (unpaired) electrons. The Hall–Kier alpha value is -1.64. The van der Waals surface area contributed by atoms with Crippen LogP contribution in [-0.2, 0) is 17.5 Å². The zero-order valence-corrected chi connectivity index (χ0v) is 15.1. The Morgan fingerprint density at radius 2 is 1.84 bits per heavy atom. The molecule has 0 aliphatic carbocycles. The Bertz CT molecular complexity index is 587. The second-order valence-corrected chi connectivity index (χ2v) is 7.65. The topological polar surface area (TPSA) is 62.5 Å². The summed E-state index contributed by atoms with van der Waals surface area (Å²) < 4.78 is 42.0. The quantitative estimate of drug-likeness (QED) is 0.824. The van der Waals surface area contributed by atoms with E-state index in [1.165, 1.54) is 0 Å². The van der Waals surface area contributed by atoms with E-state index in [2.05, 4.69) is 14.6 Å². The van der Waals surface area contributed by atoms with Gasteiger partial charge in [-0.1, -0.05) is 20.8 Å². The Labute approximate surface area is 145 Å². The molecular weight excluding hydrogens is 337 g/mol. The Morgan fingerprint density at radius 1 is 1.24 bits per heavy atom. The van der Waals surface area contributed by atoms with E-state index < -0.39 is 17.5 Å². The highest BCUT2D eigenvalue weighted by atomic mass is 19.4. The van der Waals surface area contributed by atoms with E-state index in [0.717, 1.165) is 25.9 Å². The van der Waals surface area contributed by atoms with Crippen LogP contribution in [0.5, 0.6) is 0 Å². The maximum atomic E-state index is 12.5. The van der Waals surface area contributed by atoms with E-state index in [4.69, 9.17) is 0 Å². The van der Waals surface area contributed by atoms with Gasteiger partial charge in [0.25, 0.3) is 0 Å². The molecule has 6 nitrogen and oxygen atoms in total. The summed E-state index contributed by atoms with van der Waals surface area (Å²) in [6.45, 7) is 8.06. The molecule has 0 spiro atoms. The van der Waals surface area contributed by atoms with Gasteiger partial charge in [-0.2, -0.15) is 13.2 Å². The van der Waals surface area contributed by atoms with Crippen molar-refractivity contribution < 1.29 is 22.4 Å². The van der Waals surface area contributed by atoms with Crippen molar-refractivity contribution in [3.8, 4) is 0 Å². The first kappa shape index (κ1) is 19.7. The predicted octanol–water partition coefficient (Wildman–Crippen LogP) is 2.80. The molecule has 1 aliphatic heterocycles. The molecule has 1 aromatic rings. The largest absolute Gasteiger partial charge is 0.470 e. The Kier molecular flexibility index (Phi) is 5.75. The highest BCUT2D eigenvalue weighted by molar-refractivity contribution is 5.81. The zero-order valence-electron chi connectivity index (χ0n) is 15.1. The fourth-order valence-electron chi connectivity index (χ4n) is 2.99. The molecule has 1 fully saturated rings. The number of amides is 1. The highest BCUT2D eigenvalue weighted by Gasteiger charge is 2.38. The number of carbonyl (C=O) groups excluding carboxylic acids is 1. The average molecular weight is 362 g/mol. The van der Waals surface area contributed by atoms with Gasteiger partial charge < -0.3 is 9.32 Å². The molecule has 0 unspecified atom stereocenters. The molecule has 142 valence electrons. The standard InChI is InChI=1S/C16H25F3N4O2/c1-15(2,3)14(24)22(4)9-11-5-7-23(8-6-11)10-12-20-21-13(25-12)16(17,18)19/h11H,5-10H2,1-4H3. The van der Waals surface area contributed by atoms with Crippen LogP contribution < -0.4 is 0 Å². The molecule has 1 aliphatic rings. The molecule has 0 saturated carbocycles. The van der Waals surface area contributed by atoms with E-state index in [9.17, 15) is 18.0 Å². The van der Waals surface area contributed by atoms with Crippen LogP contribution >= 0.6 is 0 Å². The van der Waals surface area contributed by atoms with Crippen LogP contribution in [0.25, 0.3) is 0 Å². The molecule has 2 heterocycles. The van der Waals surface area contributed by atoms with Crippen molar-refractivity contribution in [2.24, 2.45) is 11.3 Å². The number of halogens is 3. The number of piperidine rings is 1. The lowest BCUT2D eigenvalue weighted by Gasteiger charge is -2.34. The van der Waals surface area contributed by atoms with Crippen molar-refractivity contribution in [3.63, 3.8) is 0 Å². The number of aromatic nitrogens is 2. The van der Waals surface area contributed by atoms with Crippen LogP contribution in [0.15, 0.2) is 4.42 Å². The Balaban J connectivity index is 1.80. The molecule has 0 atom stereocenters. The second kappa shape index (κ2) is 7.31. The number of likely N-dealkylation sites (tertiary alicyclic amines) is 1. The predicted molar refractivity (Wildman–Crippen MR) is 84.4 cm³/mol. The van der Waals surface area contributed by atoms with Crippen LogP contribution in [0.1, 0.15) is 45.4 Å². The first-order valence-electron chi connectivity index (χ1n) is 8.34. The van der Waals surface area contributed by atoms with Crippen LogP contribution in [0.2, 0.25) is 0 Å². The normalized spacial score (nSPS) is 17.7. The maximum absolute atomic E-state index is 12.5. The molecule has 0 N–H and O–H groups in total. The molecule has 0 aromatic carbocycles. The number of carbonyl (C=O) groups is 1. The minimum absolute atomic E-state index is 0.0224. The van der Waals surface area contributed by atoms with Gasteiger partial charge in [-0.25, -0.2) is 0 Å². The first-order chi connectivity index (χ1) is 11.5. The molecule has 1 saturated heterocycles. The summed E-state index contributed by atoms with van der Waals surface area (Å²) in [6, 6.07) is 0. The van der Waals surface area contributed by atoms with Crippen molar-refractivity contribution in [3.05, 3.63) is 11.8 Å². The number of hydrogen-bond donors (Lipinski definition) is 0. The second-order valence-electron chi connectivity index (χ2n) is 7.65. The van der Waals surface area contributed by atoms with Gasteiger partial charge in [-0.05, 0) is 31.8 Å². The third-order valence-electron chi connectivity index (χ3n) is 4.30. The van der Waals surface area contributed by atoms with Crippen molar-refractivity contribution >= 4 is 5.91 Å². The van der Waals surface area contributed by atoms with Crippen LogP contribution in [0, 0.1) is 11.3 Å². The van der Waals surface area contributed by atoms with E-state index in [1.807, 2.05) is 32.7 Å². The summed E-state index contributed by atoms with van der Waals surface area (Å²) in [7, 11) is 1.82. The van der Waals surface area contributed by atoms with Gasteiger partial charge in [0.15, 0.2) is 0 Å². The SMILES string of the molecule is CN(CC1CCN(Cc2nnc(C(F)(F)F)o2)CC1)C(=O)C(C)(C)C. The van der Waals surface area contributed by atoms with Crippen LogP contribution in [0.3, 0.4) is 0 Å². The van der Waals surface area contributed by atoms with E-state index in [1.54, 1.807) is 4.90 Å². The lowest BCUT2D eigenvalue weighted by Crippen LogP contribution is -2.42. The Morgan fingerprint density at radius 3 is 2.32 bits per heavy atom. The van der Waals surface area contributed by atoms with E-state index >= 15 is 0 Å². The van der Waals surface area contributed by atoms with Crippen molar-refractivity contribution in [2.75, 3.05) is 26.7 Å². The molecule has 1 amide bonds. The summed E-state index contributed by atoms with van der Waals surface area (Å²) in [4.78, 5) is 16.0. The lowest BCUT2D eigenvalue weighted by atomic mass is 9.92. The van der Waals surface area contributed by atoms with Crippen LogP contribution in [-0.4, -0.2) is 52.6 Å². The van der Waals surface area contributed by atoms with Gasteiger partial charge in [-0.3, -0.25) is 9.69 Å². The summed E-state index contributed by atoms with van der Waals surface area (Å²) in [6.07, 6.45) is -2.85. The summed E-state index contributed by atoms with van der Waals surface area (Å²) in [5.41, 5.74) is -0.399. The van der Waals surface area contributed by atoms with Crippen LogP contribution in [0.4, 0.5) is 13.2 Å². The molecule has 2 rings (SSSR count). The fourth-order valence-corrected chi connectivity index (χ4v) is 2.99. The highest BCUT2D eigenvalue weighted by Crippen LogP contribution is 2.28. The van der Waals surface area contributed by atoms with Crippen molar-refractivity contribution in [1.29, 1.82) is 0 Å². The molecule has 0 bridgehead atoms.